The van der Waals surface area contributed by atoms with Crippen molar-refractivity contribution >= 4 is 5.95 Å². The molecule has 1 fully saturated rings. The standard InChI is InChI=1S/C10H19N5O2/c1-7(16)8(11)9-12-10(13-17-9)15-5-3-14(2)4-6-15/h7-8,16H,3-6,11H2,1-2H3/t7-,8+/m1/s1. The molecule has 0 radical (unpaired) electrons. The number of aliphatic hydroxyl groups excluding tert-OH is 1. The van der Waals surface area contributed by atoms with E-state index in [1.807, 2.05) is 0 Å². The Morgan fingerprint density at radius 2 is 2.00 bits per heavy atom. The second-order valence-corrected chi connectivity index (χ2v) is 4.49. The van der Waals surface area contributed by atoms with E-state index in [0.29, 0.717) is 5.95 Å². The minimum absolute atomic E-state index is 0.286. The number of anilines is 1. The van der Waals surface area contributed by atoms with Crippen LogP contribution >= 0.6 is 0 Å². The van der Waals surface area contributed by atoms with E-state index >= 15 is 0 Å². The Hall–Kier alpha value is -1.18. The summed E-state index contributed by atoms with van der Waals surface area (Å²) < 4.78 is 5.07. The number of nitrogens with two attached hydrogens (primary N) is 1. The molecule has 0 spiro atoms. The summed E-state index contributed by atoms with van der Waals surface area (Å²) in [5.74, 6) is 0.845. The van der Waals surface area contributed by atoms with Gasteiger partial charge in [-0.1, -0.05) is 0 Å². The van der Waals surface area contributed by atoms with Gasteiger partial charge in [-0.05, 0) is 19.1 Å². The number of hydrogen-bond donors (Lipinski definition) is 2. The van der Waals surface area contributed by atoms with Gasteiger partial charge in [0, 0.05) is 26.2 Å². The largest absolute Gasteiger partial charge is 0.391 e. The first-order valence-corrected chi connectivity index (χ1v) is 5.78. The first kappa shape index (κ1) is 12.3. The third-order valence-electron chi connectivity index (χ3n) is 3.02. The first-order valence-electron chi connectivity index (χ1n) is 5.78. The molecule has 2 heterocycles. The number of nitrogens with zero attached hydrogens (tertiary/aromatic N) is 4. The zero-order chi connectivity index (χ0) is 12.4. The minimum atomic E-state index is -0.698. The van der Waals surface area contributed by atoms with Gasteiger partial charge >= 0.3 is 0 Å². The van der Waals surface area contributed by atoms with Gasteiger partial charge in [-0.2, -0.15) is 4.98 Å². The van der Waals surface area contributed by atoms with E-state index in [0.717, 1.165) is 26.2 Å². The van der Waals surface area contributed by atoms with Gasteiger partial charge in [-0.25, -0.2) is 0 Å². The molecule has 0 saturated carbocycles. The summed E-state index contributed by atoms with van der Waals surface area (Å²) in [5.41, 5.74) is 5.73. The third kappa shape index (κ3) is 2.74. The molecule has 1 saturated heterocycles. The zero-order valence-electron chi connectivity index (χ0n) is 10.2. The quantitative estimate of drug-likeness (QED) is 0.716. The number of rotatable bonds is 3. The van der Waals surface area contributed by atoms with E-state index in [2.05, 4.69) is 27.0 Å². The molecule has 2 atom stereocenters. The van der Waals surface area contributed by atoms with Gasteiger partial charge in [0.25, 0.3) is 5.95 Å². The highest BCUT2D eigenvalue weighted by molar-refractivity contribution is 5.29. The number of aromatic nitrogens is 2. The molecular weight excluding hydrogens is 222 g/mol. The molecule has 0 bridgehead atoms. The summed E-state index contributed by atoms with van der Waals surface area (Å²) in [6, 6.07) is -0.622. The molecule has 1 aromatic heterocycles. The lowest BCUT2D eigenvalue weighted by atomic mass is 10.2. The molecule has 0 aromatic carbocycles. The number of piperazine rings is 1. The number of likely N-dealkylation sites (N-methyl/N-ethyl adjacent to an activating group) is 1. The number of aliphatic hydroxyl groups is 1. The van der Waals surface area contributed by atoms with Crippen molar-refractivity contribution < 1.29 is 9.63 Å². The van der Waals surface area contributed by atoms with Crippen molar-refractivity contribution in [1.29, 1.82) is 0 Å². The van der Waals surface area contributed by atoms with Gasteiger partial charge in [0.05, 0.1) is 6.10 Å². The SMILES string of the molecule is C[C@@H](O)[C@H](N)c1nc(N2CCN(C)CC2)no1. The average molecular weight is 241 g/mol. The molecule has 0 aliphatic carbocycles. The smallest absolute Gasteiger partial charge is 0.266 e. The van der Waals surface area contributed by atoms with Crippen LogP contribution in [0.3, 0.4) is 0 Å². The van der Waals surface area contributed by atoms with Gasteiger partial charge in [-0.3, -0.25) is 0 Å². The molecule has 0 amide bonds. The maximum Gasteiger partial charge on any atom is 0.266 e. The van der Waals surface area contributed by atoms with E-state index < -0.39 is 12.1 Å². The monoisotopic (exact) mass is 241 g/mol. The summed E-state index contributed by atoms with van der Waals surface area (Å²) >= 11 is 0. The zero-order valence-corrected chi connectivity index (χ0v) is 10.2. The van der Waals surface area contributed by atoms with Crippen molar-refractivity contribution in [1.82, 2.24) is 15.0 Å². The molecule has 1 aromatic rings. The van der Waals surface area contributed by atoms with E-state index in [1.54, 1.807) is 6.92 Å². The van der Waals surface area contributed by atoms with Crippen LogP contribution in [-0.2, 0) is 0 Å². The predicted octanol–water partition coefficient (Wildman–Crippen LogP) is -0.798. The van der Waals surface area contributed by atoms with E-state index in [4.69, 9.17) is 10.3 Å². The van der Waals surface area contributed by atoms with Crippen LogP contribution in [0.25, 0.3) is 0 Å². The highest BCUT2D eigenvalue weighted by atomic mass is 16.5. The highest BCUT2D eigenvalue weighted by Crippen LogP contribution is 2.17. The fourth-order valence-electron chi connectivity index (χ4n) is 1.70. The fraction of sp³-hybridized carbons (Fsp3) is 0.800. The molecule has 7 heteroatoms. The molecule has 96 valence electrons. The maximum atomic E-state index is 9.36. The Morgan fingerprint density at radius 3 is 2.59 bits per heavy atom. The minimum Gasteiger partial charge on any atom is -0.391 e. The van der Waals surface area contributed by atoms with Crippen molar-refractivity contribution in [3.63, 3.8) is 0 Å². The normalized spacial score (nSPS) is 21.5. The molecule has 2 rings (SSSR count). The van der Waals surface area contributed by atoms with Crippen LogP contribution in [-0.4, -0.2) is 59.5 Å². The van der Waals surface area contributed by atoms with Crippen LogP contribution in [0.1, 0.15) is 18.9 Å². The van der Waals surface area contributed by atoms with E-state index in [-0.39, 0.29) is 5.89 Å². The van der Waals surface area contributed by atoms with Gasteiger partial charge < -0.3 is 25.2 Å². The predicted molar refractivity (Wildman–Crippen MR) is 62.6 cm³/mol. The Bertz CT molecular complexity index is 359. The van der Waals surface area contributed by atoms with Crippen molar-refractivity contribution in [2.24, 2.45) is 5.73 Å². The summed E-state index contributed by atoms with van der Waals surface area (Å²) in [4.78, 5) is 8.53. The Balaban J connectivity index is 2.03. The number of hydrogen-bond acceptors (Lipinski definition) is 7. The van der Waals surface area contributed by atoms with Gasteiger partial charge in [0.1, 0.15) is 6.04 Å². The van der Waals surface area contributed by atoms with Crippen LogP contribution in [0.15, 0.2) is 4.52 Å². The molecular formula is C10H19N5O2. The lowest BCUT2D eigenvalue weighted by molar-refractivity contribution is 0.146. The average Bonchev–Trinajstić information content (AvgIpc) is 2.78. The lowest BCUT2D eigenvalue weighted by Gasteiger charge is -2.31. The fourth-order valence-corrected chi connectivity index (χ4v) is 1.70. The summed E-state index contributed by atoms with van der Waals surface area (Å²) in [7, 11) is 2.09. The van der Waals surface area contributed by atoms with Crippen molar-refractivity contribution in [3.05, 3.63) is 5.89 Å². The van der Waals surface area contributed by atoms with Crippen LogP contribution in [0.2, 0.25) is 0 Å². The summed E-state index contributed by atoms with van der Waals surface area (Å²) in [5, 5.41) is 13.3. The molecule has 1 aliphatic heterocycles. The topological polar surface area (TPSA) is 91.7 Å². The van der Waals surface area contributed by atoms with Crippen molar-refractivity contribution in [2.75, 3.05) is 38.1 Å². The molecule has 1 aliphatic rings. The van der Waals surface area contributed by atoms with E-state index in [1.165, 1.54) is 0 Å². The second-order valence-electron chi connectivity index (χ2n) is 4.49. The lowest BCUT2D eigenvalue weighted by Crippen LogP contribution is -2.45. The van der Waals surface area contributed by atoms with Crippen molar-refractivity contribution in [3.8, 4) is 0 Å². The van der Waals surface area contributed by atoms with Gasteiger partial charge in [0.15, 0.2) is 0 Å². The molecule has 3 N–H and O–H groups in total. The first-order chi connectivity index (χ1) is 8.08. The van der Waals surface area contributed by atoms with E-state index in [9.17, 15) is 5.11 Å². The second kappa shape index (κ2) is 4.99. The molecule has 7 nitrogen and oxygen atoms in total. The van der Waals surface area contributed by atoms with Crippen LogP contribution in [0, 0.1) is 0 Å². The Kier molecular flexibility index (Phi) is 3.60. The van der Waals surface area contributed by atoms with Crippen LogP contribution in [0.4, 0.5) is 5.95 Å². The summed E-state index contributed by atoms with van der Waals surface area (Å²) in [6.07, 6.45) is -0.698. The van der Waals surface area contributed by atoms with Gasteiger partial charge in [-0.15, -0.1) is 0 Å². The summed E-state index contributed by atoms with van der Waals surface area (Å²) in [6.45, 7) is 5.31. The van der Waals surface area contributed by atoms with Crippen molar-refractivity contribution in [2.45, 2.75) is 19.1 Å². The highest BCUT2D eigenvalue weighted by Gasteiger charge is 2.23. The van der Waals surface area contributed by atoms with Crippen LogP contribution < -0.4 is 10.6 Å². The Morgan fingerprint density at radius 1 is 1.35 bits per heavy atom. The third-order valence-corrected chi connectivity index (χ3v) is 3.02. The molecule has 0 unspecified atom stereocenters. The molecule has 17 heavy (non-hydrogen) atoms. The maximum absolute atomic E-state index is 9.36. The van der Waals surface area contributed by atoms with Gasteiger partial charge in [0.2, 0.25) is 5.89 Å². The van der Waals surface area contributed by atoms with Crippen LogP contribution in [0.5, 0.6) is 0 Å². The Labute approximate surface area is 100 Å².